The molecule has 1 unspecified atom stereocenters. The summed E-state index contributed by atoms with van der Waals surface area (Å²) >= 11 is 1.66. The molecule has 0 bridgehead atoms. The SMILES string of the molecule is CCOC(=O)C(NC(=O)c1ccn2c(CC)c(-c3ccc(OC(F)F)c(F)c3)nc2c1)c1ccc(SCC)cc1. The minimum atomic E-state index is -3.14. The highest BCUT2D eigenvalue weighted by atomic mass is 32.2. The lowest BCUT2D eigenvalue weighted by atomic mass is 10.1. The van der Waals surface area contributed by atoms with Gasteiger partial charge >= 0.3 is 12.6 Å². The second-order valence-electron chi connectivity index (χ2n) is 8.59. The first-order chi connectivity index (χ1) is 19.2. The van der Waals surface area contributed by atoms with Gasteiger partial charge in [-0.05, 0) is 67.1 Å². The third-order valence-electron chi connectivity index (χ3n) is 6.07. The molecule has 0 saturated carbocycles. The monoisotopic (exact) mass is 571 g/mol. The highest BCUT2D eigenvalue weighted by Gasteiger charge is 2.25. The summed E-state index contributed by atoms with van der Waals surface area (Å²) in [4.78, 5) is 31.7. The summed E-state index contributed by atoms with van der Waals surface area (Å²) in [5.74, 6) is -1.68. The maximum absolute atomic E-state index is 14.4. The number of ether oxygens (including phenoxy) is 2. The van der Waals surface area contributed by atoms with Crippen molar-refractivity contribution in [1.29, 1.82) is 0 Å². The molecule has 4 aromatic rings. The summed E-state index contributed by atoms with van der Waals surface area (Å²) in [5.41, 5.74) is 2.81. The number of carbonyl (C=O) groups excluding carboxylic acids is 2. The topological polar surface area (TPSA) is 81.9 Å². The number of aryl methyl sites for hydroxylation is 1. The van der Waals surface area contributed by atoms with E-state index in [-0.39, 0.29) is 12.2 Å². The molecule has 2 heterocycles. The molecule has 0 aliphatic heterocycles. The number of amides is 1. The first kappa shape index (κ1) is 29.0. The van der Waals surface area contributed by atoms with Crippen LogP contribution in [0.2, 0.25) is 0 Å². The quantitative estimate of drug-likeness (QED) is 0.165. The predicted octanol–water partition coefficient (Wildman–Crippen LogP) is 6.45. The minimum Gasteiger partial charge on any atom is -0.464 e. The van der Waals surface area contributed by atoms with E-state index in [9.17, 15) is 22.8 Å². The number of alkyl halides is 2. The van der Waals surface area contributed by atoms with Crippen LogP contribution in [0.3, 0.4) is 0 Å². The summed E-state index contributed by atoms with van der Waals surface area (Å²) in [6, 6.07) is 13.2. The number of hydrogen-bond donors (Lipinski definition) is 1. The average Bonchev–Trinajstić information content (AvgIpc) is 3.31. The van der Waals surface area contributed by atoms with Crippen LogP contribution in [0.15, 0.2) is 65.7 Å². The molecule has 40 heavy (non-hydrogen) atoms. The highest BCUT2D eigenvalue weighted by molar-refractivity contribution is 7.99. The second-order valence-corrected chi connectivity index (χ2v) is 9.93. The Kier molecular flexibility index (Phi) is 9.36. The summed E-state index contributed by atoms with van der Waals surface area (Å²) in [6.07, 6.45) is 2.19. The van der Waals surface area contributed by atoms with Crippen LogP contribution in [0.1, 0.15) is 48.4 Å². The van der Waals surface area contributed by atoms with E-state index in [4.69, 9.17) is 4.74 Å². The van der Waals surface area contributed by atoms with Crippen LogP contribution in [0.4, 0.5) is 13.2 Å². The number of pyridine rings is 1. The smallest absolute Gasteiger partial charge is 0.387 e. The van der Waals surface area contributed by atoms with Crippen LogP contribution in [-0.4, -0.2) is 40.2 Å². The van der Waals surface area contributed by atoms with E-state index in [1.165, 1.54) is 6.07 Å². The molecule has 4 rings (SSSR count). The third kappa shape index (κ3) is 6.41. The van der Waals surface area contributed by atoms with Gasteiger partial charge in [0.25, 0.3) is 5.91 Å². The zero-order valence-electron chi connectivity index (χ0n) is 22.1. The van der Waals surface area contributed by atoms with Gasteiger partial charge in [-0.1, -0.05) is 26.0 Å². The van der Waals surface area contributed by atoms with Gasteiger partial charge < -0.3 is 19.2 Å². The Labute approximate surface area is 233 Å². The Morgan fingerprint density at radius 2 is 1.80 bits per heavy atom. The van der Waals surface area contributed by atoms with Gasteiger partial charge in [0.1, 0.15) is 5.65 Å². The van der Waals surface area contributed by atoms with Crippen LogP contribution in [-0.2, 0) is 16.0 Å². The second kappa shape index (κ2) is 12.9. The first-order valence-electron chi connectivity index (χ1n) is 12.7. The summed E-state index contributed by atoms with van der Waals surface area (Å²) in [5, 5.41) is 2.76. The molecule has 11 heteroatoms. The van der Waals surface area contributed by atoms with Gasteiger partial charge in [-0.15, -0.1) is 11.8 Å². The number of imidazole rings is 1. The molecule has 2 aromatic carbocycles. The number of fused-ring (bicyclic) bond motifs is 1. The fraction of sp³-hybridized carbons (Fsp3) is 0.276. The summed E-state index contributed by atoms with van der Waals surface area (Å²) in [6.45, 7) is 2.65. The van der Waals surface area contributed by atoms with E-state index >= 15 is 0 Å². The largest absolute Gasteiger partial charge is 0.464 e. The number of aromatic nitrogens is 2. The van der Waals surface area contributed by atoms with Crippen molar-refractivity contribution in [2.24, 2.45) is 0 Å². The molecule has 2 aromatic heterocycles. The molecule has 210 valence electrons. The highest BCUT2D eigenvalue weighted by Crippen LogP contribution is 2.30. The van der Waals surface area contributed by atoms with Crippen LogP contribution in [0.25, 0.3) is 16.9 Å². The number of halogens is 3. The zero-order valence-corrected chi connectivity index (χ0v) is 22.9. The van der Waals surface area contributed by atoms with Gasteiger partial charge in [-0.3, -0.25) is 4.79 Å². The standard InChI is InChI=1S/C29H28F3N3O4S/c1-4-22-25(18-9-12-23(21(30)15-18)39-29(31)32)33-24-16-19(13-14-35(22)24)27(36)34-26(28(37)38-5-2)17-7-10-20(11-8-17)40-6-3/h7-16,26,29H,4-6H2,1-3H3,(H,34,36). The van der Waals surface area contributed by atoms with Crippen molar-refractivity contribution in [3.8, 4) is 17.0 Å². The van der Waals surface area contributed by atoms with Crippen molar-refractivity contribution in [2.45, 2.75) is 44.7 Å². The third-order valence-corrected chi connectivity index (χ3v) is 6.96. The van der Waals surface area contributed by atoms with Crippen LogP contribution in [0.5, 0.6) is 5.75 Å². The fourth-order valence-electron chi connectivity index (χ4n) is 4.29. The number of carbonyl (C=O) groups is 2. The Balaban J connectivity index is 1.64. The van der Waals surface area contributed by atoms with Crippen LogP contribution >= 0.6 is 11.8 Å². The van der Waals surface area contributed by atoms with E-state index < -0.39 is 36.1 Å². The molecule has 1 N–H and O–H groups in total. The number of nitrogens with one attached hydrogen (secondary N) is 1. The van der Waals surface area contributed by atoms with E-state index in [1.807, 2.05) is 26.0 Å². The summed E-state index contributed by atoms with van der Waals surface area (Å²) in [7, 11) is 0. The van der Waals surface area contributed by atoms with E-state index in [1.54, 1.807) is 53.5 Å². The van der Waals surface area contributed by atoms with Crippen LogP contribution in [0, 0.1) is 5.82 Å². The lowest BCUT2D eigenvalue weighted by Crippen LogP contribution is -2.35. The molecular formula is C29H28F3N3O4S. The van der Waals surface area contributed by atoms with E-state index in [2.05, 4.69) is 15.0 Å². The Hall–Kier alpha value is -3.99. The maximum Gasteiger partial charge on any atom is 0.387 e. The molecule has 7 nitrogen and oxygen atoms in total. The zero-order chi connectivity index (χ0) is 28.8. The molecule has 0 radical (unpaired) electrons. The maximum atomic E-state index is 14.4. The number of nitrogens with zero attached hydrogens (tertiary/aromatic N) is 2. The van der Waals surface area contributed by atoms with Gasteiger partial charge in [0.05, 0.1) is 18.0 Å². The molecular weight excluding hydrogens is 543 g/mol. The number of benzene rings is 2. The predicted molar refractivity (Wildman–Crippen MR) is 146 cm³/mol. The van der Waals surface area contributed by atoms with Crippen molar-refractivity contribution in [3.05, 3.63) is 83.4 Å². The molecule has 1 atom stereocenters. The molecule has 0 aliphatic carbocycles. The van der Waals surface area contributed by atoms with Crippen molar-refractivity contribution in [1.82, 2.24) is 14.7 Å². The number of hydrogen-bond acceptors (Lipinski definition) is 6. The van der Waals surface area contributed by atoms with Gasteiger partial charge in [0.2, 0.25) is 0 Å². The van der Waals surface area contributed by atoms with Gasteiger partial charge in [-0.25, -0.2) is 14.2 Å². The van der Waals surface area contributed by atoms with Crippen molar-refractivity contribution in [2.75, 3.05) is 12.4 Å². The molecule has 1 amide bonds. The lowest BCUT2D eigenvalue weighted by molar-refractivity contribution is -0.145. The number of thioether (sulfide) groups is 1. The Bertz CT molecular complexity index is 1510. The molecule has 0 saturated heterocycles. The molecule has 0 fully saturated rings. The first-order valence-corrected chi connectivity index (χ1v) is 13.7. The van der Waals surface area contributed by atoms with Crippen molar-refractivity contribution >= 4 is 29.3 Å². The number of rotatable bonds is 11. The molecule has 0 spiro atoms. The average molecular weight is 572 g/mol. The van der Waals surface area contributed by atoms with Gasteiger partial charge in [0, 0.05) is 22.2 Å². The number of esters is 1. The van der Waals surface area contributed by atoms with E-state index in [0.717, 1.165) is 28.5 Å². The lowest BCUT2D eigenvalue weighted by Gasteiger charge is -2.18. The van der Waals surface area contributed by atoms with Crippen molar-refractivity contribution in [3.63, 3.8) is 0 Å². The normalized spacial score (nSPS) is 12.0. The summed E-state index contributed by atoms with van der Waals surface area (Å²) < 4.78 is 50.6. The Morgan fingerprint density at radius 1 is 1.05 bits per heavy atom. The van der Waals surface area contributed by atoms with E-state index in [0.29, 0.717) is 28.9 Å². The molecule has 0 aliphatic rings. The van der Waals surface area contributed by atoms with Gasteiger partial charge in [-0.2, -0.15) is 8.78 Å². The van der Waals surface area contributed by atoms with Gasteiger partial charge in [0.15, 0.2) is 17.6 Å². The van der Waals surface area contributed by atoms with Crippen LogP contribution < -0.4 is 10.1 Å². The fourth-order valence-corrected chi connectivity index (χ4v) is 4.95. The van der Waals surface area contributed by atoms with Crippen molar-refractivity contribution < 1.29 is 32.2 Å². The minimum absolute atomic E-state index is 0.160. The Morgan fingerprint density at radius 3 is 2.42 bits per heavy atom.